The molecule has 5 nitrogen and oxygen atoms in total. The quantitative estimate of drug-likeness (QED) is 0.900. The molecule has 1 atom stereocenters. The second-order valence-electron chi connectivity index (χ2n) is 3.78. The molecule has 17 heavy (non-hydrogen) atoms. The molecule has 0 aliphatic rings. The lowest BCUT2D eigenvalue weighted by atomic mass is 10.2. The fourth-order valence-corrected chi connectivity index (χ4v) is 2.09. The van der Waals surface area contributed by atoms with Crippen molar-refractivity contribution in [1.82, 2.24) is 15.5 Å². The van der Waals surface area contributed by atoms with Crippen molar-refractivity contribution in [2.24, 2.45) is 0 Å². The molecule has 0 fully saturated rings. The number of nitrogens with one attached hydrogen (secondary N) is 1. The summed E-state index contributed by atoms with van der Waals surface area (Å²) in [6, 6.07) is 1.67. The summed E-state index contributed by atoms with van der Waals surface area (Å²) >= 11 is 1.58. The van der Waals surface area contributed by atoms with Crippen molar-refractivity contribution in [2.45, 2.75) is 26.3 Å². The summed E-state index contributed by atoms with van der Waals surface area (Å²) in [5.41, 5.74) is 1.02. The first-order chi connectivity index (χ1) is 8.15. The number of amides is 1. The summed E-state index contributed by atoms with van der Waals surface area (Å²) in [6.07, 6.45) is 0.376. The topological polar surface area (TPSA) is 68.0 Å². The Balaban J connectivity index is 1.90. The Morgan fingerprint density at radius 1 is 1.65 bits per heavy atom. The van der Waals surface area contributed by atoms with E-state index in [2.05, 4.69) is 15.5 Å². The van der Waals surface area contributed by atoms with Crippen LogP contribution in [0.25, 0.3) is 0 Å². The summed E-state index contributed by atoms with van der Waals surface area (Å²) in [4.78, 5) is 15.8. The van der Waals surface area contributed by atoms with Gasteiger partial charge >= 0.3 is 0 Å². The van der Waals surface area contributed by atoms with Crippen molar-refractivity contribution >= 4 is 17.2 Å². The van der Waals surface area contributed by atoms with E-state index in [1.807, 2.05) is 23.8 Å². The lowest BCUT2D eigenvalue weighted by Crippen LogP contribution is -2.28. The number of aromatic nitrogens is 2. The van der Waals surface area contributed by atoms with Gasteiger partial charge in [0, 0.05) is 0 Å². The van der Waals surface area contributed by atoms with Crippen molar-refractivity contribution in [3.8, 4) is 0 Å². The molecule has 0 aliphatic heterocycles. The average molecular weight is 251 g/mol. The van der Waals surface area contributed by atoms with Gasteiger partial charge in [-0.25, -0.2) is 0 Å². The van der Waals surface area contributed by atoms with Crippen LogP contribution in [0.5, 0.6) is 0 Å². The van der Waals surface area contributed by atoms with E-state index in [-0.39, 0.29) is 11.9 Å². The van der Waals surface area contributed by atoms with E-state index < -0.39 is 0 Å². The van der Waals surface area contributed by atoms with Gasteiger partial charge in [-0.05, 0) is 36.2 Å². The normalized spacial score (nSPS) is 12.4. The molecule has 2 aromatic heterocycles. The number of carbonyl (C=O) groups excluding carboxylic acids is 1. The molecule has 0 unspecified atom stereocenters. The summed E-state index contributed by atoms with van der Waals surface area (Å²) in [5, 5.41) is 10.4. The first kappa shape index (κ1) is 11.8. The van der Waals surface area contributed by atoms with Crippen LogP contribution in [0.15, 0.2) is 21.3 Å². The maximum atomic E-state index is 11.7. The van der Waals surface area contributed by atoms with Crippen LogP contribution in [0.3, 0.4) is 0 Å². The highest BCUT2D eigenvalue weighted by Crippen LogP contribution is 2.11. The first-order valence-corrected chi connectivity index (χ1v) is 6.20. The molecule has 0 saturated heterocycles. The van der Waals surface area contributed by atoms with E-state index in [1.165, 1.54) is 0 Å². The molecule has 0 radical (unpaired) electrons. The van der Waals surface area contributed by atoms with Gasteiger partial charge in [-0.3, -0.25) is 4.79 Å². The highest BCUT2D eigenvalue weighted by atomic mass is 32.1. The van der Waals surface area contributed by atoms with Crippen LogP contribution in [-0.2, 0) is 11.2 Å². The predicted molar refractivity (Wildman–Crippen MR) is 63.6 cm³/mol. The minimum atomic E-state index is -0.262. The van der Waals surface area contributed by atoms with E-state index >= 15 is 0 Å². The Kier molecular flexibility index (Phi) is 3.53. The molecule has 90 valence electrons. The molecule has 0 spiro atoms. The van der Waals surface area contributed by atoms with Crippen molar-refractivity contribution in [2.75, 3.05) is 0 Å². The van der Waals surface area contributed by atoms with Crippen molar-refractivity contribution in [1.29, 1.82) is 0 Å². The van der Waals surface area contributed by atoms with Crippen LogP contribution in [0.1, 0.15) is 30.2 Å². The van der Waals surface area contributed by atoms with Crippen LogP contribution in [0, 0.1) is 6.92 Å². The molecule has 2 rings (SSSR count). The molecular formula is C11H13N3O2S. The van der Waals surface area contributed by atoms with Crippen molar-refractivity contribution < 1.29 is 9.32 Å². The SMILES string of the molecule is Cc1noc([C@H](C)NC(=O)Cc2ccsc2)n1. The molecule has 1 amide bonds. The summed E-state index contributed by atoms with van der Waals surface area (Å²) < 4.78 is 4.99. The Hall–Kier alpha value is -1.69. The van der Waals surface area contributed by atoms with Crippen LogP contribution < -0.4 is 5.32 Å². The Morgan fingerprint density at radius 2 is 2.47 bits per heavy atom. The molecule has 6 heteroatoms. The second-order valence-corrected chi connectivity index (χ2v) is 4.56. The molecule has 0 saturated carbocycles. The van der Waals surface area contributed by atoms with Crippen LogP contribution in [-0.4, -0.2) is 16.0 Å². The lowest BCUT2D eigenvalue weighted by molar-refractivity contribution is -0.121. The van der Waals surface area contributed by atoms with Gasteiger partial charge < -0.3 is 9.84 Å². The predicted octanol–water partition coefficient (Wildman–Crippen LogP) is 1.86. The maximum absolute atomic E-state index is 11.7. The lowest BCUT2D eigenvalue weighted by Gasteiger charge is -2.08. The molecule has 2 heterocycles. The number of carbonyl (C=O) groups is 1. The number of thiophene rings is 1. The van der Waals surface area contributed by atoms with Gasteiger partial charge in [0.25, 0.3) is 0 Å². The van der Waals surface area contributed by atoms with Crippen LogP contribution in [0.2, 0.25) is 0 Å². The zero-order valence-electron chi connectivity index (χ0n) is 9.64. The van der Waals surface area contributed by atoms with E-state index in [0.717, 1.165) is 5.56 Å². The minimum Gasteiger partial charge on any atom is -0.344 e. The number of hydrogen-bond donors (Lipinski definition) is 1. The second kappa shape index (κ2) is 5.09. The van der Waals surface area contributed by atoms with Crippen LogP contribution in [0.4, 0.5) is 0 Å². The summed E-state index contributed by atoms with van der Waals surface area (Å²) in [7, 11) is 0. The van der Waals surface area contributed by atoms with Crippen molar-refractivity contribution in [3.63, 3.8) is 0 Å². The highest BCUT2D eigenvalue weighted by Gasteiger charge is 2.15. The smallest absolute Gasteiger partial charge is 0.248 e. The third-order valence-electron chi connectivity index (χ3n) is 2.24. The van der Waals surface area contributed by atoms with Gasteiger partial charge in [-0.15, -0.1) is 0 Å². The summed E-state index contributed by atoms with van der Waals surface area (Å²) in [5.74, 6) is 0.951. The molecule has 2 aromatic rings. The zero-order chi connectivity index (χ0) is 12.3. The third-order valence-corrected chi connectivity index (χ3v) is 2.97. The number of nitrogens with zero attached hydrogens (tertiary/aromatic N) is 2. The monoisotopic (exact) mass is 251 g/mol. The van der Waals surface area contributed by atoms with E-state index in [4.69, 9.17) is 4.52 Å². The largest absolute Gasteiger partial charge is 0.344 e. The third kappa shape index (κ3) is 3.13. The Morgan fingerprint density at radius 3 is 3.06 bits per heavy atom. The molecule has 0 bridgehead atoms. The first-order valence-electron chi connectivity index (χ1n) is 5.26. The van der Waals surface area contributed by atoms with Gasteiger partial charge in [0.05, 0.1) is 6.42 Å². The molecular weight excluding hydrogens is 238 g/mol. The van der Waals surface area contributed by atoms with Gasteiger partial charge in [0.2, 0.25) is 11.8 Å². The summed E-state index contributed by atoms with van der Waals surface area (Å²) in [6.45, 7) is 3.56. The average Bonchev–Trinajstić information content (AvgIpc) is 2.89. The van der Waals surface area contributed by atoms with Gasteiger partial charge in [-0.2, -0.15) is 16.3 Å². The van der Waals surface area contributed by atoms with Crippen LogP contribution >= 0.6 is 11.3 Å². The standard InChI is InChI=1S/C11H13N3O2S/c1-7(11-13-8(2)14-16-11)12-10(15)5-9-3-4-17-6-9/h3-4,6-7H,5H2,1-2H3,(H,12,15)/t7-/m0/s1. The highest BCUT2D eigenvalue weighted by molar-refractivity contribution is 7.07. The Labute approximate surface area is 103 Å². The van der Waals surface area contributed by atoms with Gasteiger partial charge in [-0.1, -0.05) is 5.16 Å². The maximum Gasteiger partial charge on any atom is 0.248 e. The molecule has 0 aromatic carbocycles. The molecule has 0 aliphatic carbocycles. The minimum absolute atomic E-state index is 0.0493. The molecule has 1 N–H and O–H groups in total. The van der Waals surface area contributed by atoms with E-state index in [0.29, 0.717) is 18.1 Å². The van der Waals surface area contributed by atoms with Gasteiger partial charge in [0.15, 0.2) is 5.82 Å². The fourth-order valence-electron chi connectivity index (χ4n) is 1.42. The Bertz CT molecular complexity index is 493. The zero-order valence-corrected chi connectivity index (χ0v) is 10.5. The van der Waals surface area contributed by atoms with Crippen molar-refractivity contribution in [3.05, 3.63) is 34.1 Å². The number of aryl methyl sites for hydroxylation is 1. The number of hydrogen-bond acceptors (Lipinski definition) is 5. The number of rotatable bonds is 4. The van der Waals surface area contributed by atoms with E-state index in [1.54, 1.807) is 18.3 Å². The fraction of sp³-hybridized carbons (Fsp3) is 0.364. The van der Waals surface area contributed by atoms with Gasteiger partial charge in [0.1, 0.15) is 6.04 Å². The van der Waals surface area contributed by atoms with E-state index in [9.17, 15) is 4.79 Å².